The lowest BCUT2D eigenvalue weighted by Gasteiger charge is -2.36. The van der Waals surface area contributed by atoms with Crippen molar-refractivity contribution >= 4 is 23.8 Å². The molecule has 1 aromatic heterocycles. The number of hydrogen-bond acceptors (Lipinski definition) is 11. The number of aromatic hydroxyl groups is 1. The largest absolute Gasteiger partial charge is 0.508 e. The first-order valence-electron chi connectivity index (χ1n) is 18.4. The van der Waals surface area contributed by atoms with Crippen LogP contribution in [0, 0.1) is 0 Å². The number of aromatic nitrogens is 4. The number of phenolic OH excluding ortho intramolecular Hbond substituents is 1. The van der Waals surface area contributed by atoms with Gasteiger partial charge in [-0.05, 0) is 74.1 Å². The number of tetrazole rings is 1. The van der Waals surface area contributed by atoms with Gasteiger partial charge < -0.3 is 35.1 Å². The number of phenols is 1. The Labute approximate surface area is 334 Å². The van der Waals surface area contributed by atoms with Crippen LogP contribution in [0.15, 0.2) is 133 Å². The standard InChI is InChI=1S/C43H42N6O7S/c1-54-40(52)38(23-28-6-3-2-4-7-28)45-42(53)44-25-30-8-5-9-34(22-30)31-14-16-33(17-15-31)41-55-37(24-39(56-41)32-12-10-29(26-50)11-13-32)27-57-43-46-47-48-49(43)35-18-20-36(51)21-19-35/h2-22,37-39,41,50-51H,23-27H2,1H3,(H2,44,45,53)/t37-,38+,39+,41+/m1/s1. The van der Waals surface area contributed by atoms with Crippen LogP contribution < -0.4 is 10.6 Å². The summed E-state index contributed by atoms with van der Waals surface area (Å²) in [6.45, 7) is 0.211. The summed E-state index contributed by atoms with van der Waals surface area (Å²) in [7, 11) is 1.30. The normalized spacial score (nSPS) is 17.1. The second-order valence-corrected chi connectivity index (χ2v) is 14.5. The Morgan fingerprint density at radius 3 is 2.33 bits per heavy atom. The van der Waals surface area contributed by atoms with E-state index in [0.29, 0.717) is 23.8 Å². The molecule has 1 aliphatic rings. The third kappa shape index (κ3) is 10.2. The molecule has 292 valence electrons. The zero-order valence-electron chi connectivity index (χ0n) is 31.1. The van der Waals surface area contributed by atoms with E-state index >= 15 is 0 Å². The molecule has 1 fully saturated rings. The lowest BCUT2D eigenvalue weighted by Crippen LogP contribution is -2.47. The second kappa shape index (κ2) is 18.7. The number of amides is 2. The first-order valence-corrected chi connectivity index (χ1v) is 19.4. The molecule has 5 aromatic carbocycles. The fourth-order valence-corrected chi connectivity index (χ4v) is 7.39. The van der Waals surface area contributed by atoms with Crippen molar-refractivity contribution in [1.82, 2.24) is 30.8 Å². The van der Waals surface area contributed by atoms with Crippen LogP contribution in [0.25, 0.3) is 16.8 Å². The molecule has 2 heterocycles. The van der Waals surface area contributed by atoms with Crippen molar-refractivity contribution in [2.75, 3.05) is 12.9 Å². The van der Waals surface area contributed by atoms with E-state index in [0.717, 1.165) is 44.6 Å². The first-order chi connectivity index (χ1) is 27.8. The molecule has 1 saturated heterocycles. The lowest BCUT2D eigenvalue weighted by atomic mass is 9.99. The number of carbonyl (C=O) groups is 2. The Morgan fingerprint density at radius 1 is 0.860 bits per heavy atom. The van der Waals surface area contributed by atoms with Crippen LogP contribution in [0.4, 0.5) is 4.79 Å². The fraction of sp³-hybridized carbons (Fsp3) is 0.233. The monoisotopic (exact) mass is 786 g/mol. The van der Waals surface area contributed by atoms with Crippen molar-refractivity contribution in [3.63, 3.8) is 0 Å². The predicted molar refractivity (Wildman–Crippen MR) is 213 cm³/mol. The molecule has 13 nitrogen and oxygen atoms in total. The Morgan fingerprint density at radius 2 is 1.60 bits per heavy atom. The third-order valence-corrected chi connectivity index (χ3v) is 10.6. The third-order valence-electron chi connectivity index (χ3n) is 9.52. The van der Waals surface area contributed by atoms with Gasteiger partial charge in [-0.1, -0.05) is 109 Å². The van der Waals surface area contributed by atoms with Crippen LogP contribution in [0.3, 0.4) is 0 Å². The highest BCUT2D eigenvalue weighted by Gasteiger charge is 2.33. The number of hydrogen-bond donors (Lipinski definition) is 4. The van der Waals surface area contributed by atoms with Gasteiger partial charge in [-0.15, -0.1) is 5.10 Å². The molecule has 0 radical (unpaired) electrons. The van der Waals surface area contributed by atoms with Crippen LogP contribution in [0.2, 0.25) is 0 Å². The average molecular weight is 787 g/mol. The zero-order chi connectivity index (χ0) is 39.6. The highest BCUT2D eigenvalue weighted by Crippen LogP contribution is 2.40. The Bertz CT molecular complexity index is 2240. The van der Waals surface area contributed by atoms with E-state index in [9.17, 15) is 19.8 Å². The van der Waals surface area contributed by atoms with Gasteiger partial charge in [0.15, 0.2) is 6.29 Å². The zero-order valence-corrected chi connectivity index (χ0v) is 31.9. The molecule has 1 aliphatic heterocycles. The number of benzene rings is 5. The van der Waals surface area contributed by atoms with Gasteiger partial charge >= 0.3 is 12.0 Å². The van der Waals surface area contributed by atoms with Gasteiger partial charge in [-0.3, -0.25) is 0 Å². The summed E-state index contributed by atoms with van der Waals surface area (Å²) in [6, 6.07) is 38.4. The molecule has 2 amide bonds. The second-order valence-electron chi connectivity index (χ2n) is 13.5. The molecule has 0 unspecified atom stereocenters. The number of esters is 1. The molecule has 4 atom stereocenters. The first kappa shape index (κ1) is 39.2. The number of thioether (sulfide) groups is 1. The molecule has 57 heavy (non-hydrogen) atoms. The van der Waals surface area contributed by atoms with E-state index in [1.807, 2.05) is 103 Å². The molecule has 0 aliphatic carbocycles. The van der Waals surface area contributed by atoms with Crippen LogP contribution in [0.1, 0.15) is 46.6 Å². The maximum Gasteiger partial charge on any atom is 0.328 e. The SMILES string of the molecule is COC(=O)[C@H](Cc1ccccc1)NC(=O)NCc1cccc(-c2ccc([C@H]3O[C@@H](CSc4nnnn4-c4ccc(O)cc4)C[C@@H](c4ccc(CO)cc4)O3)cc2)c1. The molecular weight excluding hydrogens is 745 g/mol. The minimum Gasteiger partial charge on any atom is -0.508 e. The van der Waals surface area contributed by atoms with Crippen molar-refractivity contribution in [1.29, 1.82) is 0 Å². The van der Waals surface area contributed by atoms with Gasteiger partial charge in [0.25, 0.3) is 0 Å². The number of nitrogens with one attached hydrogen (secondary N) is 2. The minimum atomic E-state index is -0.828. The van der Waals surface area contributed by atoms with E-state index in [1.54, 1.807) is 28.9 Å². The number of rotatable bonds is 14. The maximum absolute atomic E-state index is 12.8. The maximum atomic E-state index is 12.8. The summed E-state index contributed by atoms with van der Waals surface area (Å²) in [5.41, 5.74) is 7.10. The molecule has 0 bridgehead atoms. The van der Waals surface area contributed by atoms with Crippen LogP contribution in [-0.2, 0) is 38.6 Å². The van der Waals surface area contributed by atoms with Gasteiger partial charge in [0.1, 0.15) is 11.8 Å². The van der Waals surface area contributed by atoms with Gasteiger partial charge in [0.2, 0.25) is 5.16 Å². The molecule has 0 spiro atoms. The summed E-state index contributed by atoms with van der Waals surface area (Å²) in [6.07, 6.45) is -0.235. The molecule has 7 rings (SSSR count). The van der Waals surface area contributed by atoms with Crippen molar-refractivity contribution in [2.24, 2.45) is 0 Å². The number of carbonyl (C=O) groups excluding carboxylic acids is 2. The highest BCUT2D eigenvalue weighted by molar-refractivity contribution is 7.99. The molecular formula is C43H42N6O7S. The van der Waals surface area contributed by atoms with Crippen molar-refractivity contribution in [3.05, 3.63) is 155 Å². The summed E-state index contributed by atoms with van der Waals surface area (Å²) in [4.78, 5) is 25.3. The van der Waals surface area contributed by atoms with Crippen molar-refractivity contribution < 1.29 is 34.0 Å². The van der Waals surface area contributed by atoms with Gasteiger partial charge in [0, 0.05) is 30.7 Å². The highest BCUT2D eigenvalue weighted by atomic mass is 32.2. The number of methoxy groups -OCH3 is 1. The van der Waals surface area contributed by atoms with Gasteiger partial charge in [-0.25, -0.2) is 9.59 Å². The summed E-state index contributed by atoms with van der Waals surface area (Å²) < 4.78 is 19.7. The Kier molecular flexibility index (Phi) is 12.9. The van der Waals surface area contributed by atoms with Gasteiger partial charge in [0.05, 0.1) is 31.6 Å². The quantitative estimate of drug-likeness (QED) is 0.0707. The molecule has 0 saturated carbocycles. The van der Waals surface area contributed by atoms with Crippen molar-refractivity contribution in [3.8, 4) is 22.6 Å². The number of urea groups is 1. The number of ether oxygens (including phenoxy) is 3. The smallest absolute Gasteiger partial charge is 0.328 e. The fourth-order valence-electron chi connectivity index (χ4n) is 6.49. The van der Waals surface area contributed by atoms with E-state index < -0.39 is 24.3 Å². The minimum absolute atomic E-state index is 0.0414. The van der Waals surface area contributed by atoms with Crippen molar-refractivity contribution in [2.45, 2.75) is 55.7 Å². The topological polar surface area (TPSA) is 170 Å². The van der Waals surface area contributed by atoms with E-state index in [1.165, 1.54) is 18.9 Å². The van der Waals surface area contributed by atoms with E-state index in [-0.39, 0.29) is 31.1 Å². The van der Waals surface area contributed by atoms with Crippen LogP contribution in [0.5, 0.6) is 5.75 Å². The lowest BCUT2D eigenvalue weighted by molar-refractivity contribution is -0.245. The number of nitrogens with zero attached hydrogens (tertiary/aromatic N) is 4. The molecule has 14 heteroatoms. The number of aliphatic hydroxyl groups is 1. The number of aliphatic hydroxyl groups excluding tert-OH is 1. The van der Waals surface area contributed by atoms with Gasteiger partial charge in [-0.2, -0.15) is 4.68 Å². The molecule has 6 aromatic rings. The summed E-state index contributed by atoms with van der Waals surface area (Å²) in [5, 5.41) is 37.7. The predicted octanol–water partition coefficient (Wildman–Crippen LogP) is 6.45. The molecule has 4 N–H and O–H groups in total. The summed E-state index contributed by atoms with van der Waals surface area (Å²) in [5.74, 6) is 0.190. The van der Waals surface area contributed by atoms with Crippen LogP contribution >= 0.6 is 11.8 Å². The van der Waals surface area contributed by atoms with E-state index in [4.69, 9.17) is 14.2 Å². The average Bonchev–Trinajstić information content (AvgIpc) is 3.74. The Balaban J connectivity index is 1.01. The van der Waals surface area contributed by atoms with E-state index in [2.05, 4.69) is 26.2 Å². The Hall–Kier alpha value is -6.06. The van der Waals surface area contributed by atoms with Crippen LogP contribution in [-0.4, -0.2) is 67.4 Å². The summed E-state index contributed by atoms with van der Waals surface area (Å²) >= 11 is 1.47.